The minimum Gasteiger partial charge on any atom is -0.455 e. The average Bonchev–Trinajstić information content (AvgIpc) is 3.74. The highest BCUT2D eigenvalue weighted by molar-refractivity contribution is 6.13. The third-order valence-electron chi connectivity index (χ3n) is 11.0. The van der Waals surface area contributed by atoms with Gasteiger partial charge in [0.1, 0.15) is 35.0 Å². The maximum Gasteiger partial charge on any atom is 0.144 e. The number of para-hydroxylation sites is 2. The lowest BCUT2D eigenvalue weighted by atomic mass is 9.86. The first-order chi connectivity index (χ1) is 26.5. The van der Waals surface area contributed by atoms with E-state index in [1.807, 2.05) is 36.4 Å². The van der Waals surface area contributed by atoms with Gasteiger partial charge in [0.2, 0.25) is 0 Å². The molecule has 0 spiro atoms. The summed E-state index contributed by atoms with van der Waals surface area (Å²) in [6.45, 7) is 13.4. The van der Waals surface area contributed by atoms with Crippen LogP contribution in [-0.2, 0) is 17.3 Å². The molecular formula is C49H40N4O2. The predicted octanol–water partition coefficient (Wildman–Crippen LogP) is 12.9. The molecule has 10 aromatic rings. The highest BCUT2D eigenvalue weighted by Crippen LogP contribution is 2.43. The molecular weight excluding hydrogens is 677 g/mol. The molecule has 0 aliphatic rings. The van der Waals surface area contributed by atoms with E-state index >= 15 is 0 Å². The van der Waals surface area contributed by atoms with Crippen molar-refractivity contribution in [2.24, 2.45) is 0 Å². The Bertz CT molecular complexity index is 2930. The van der Waals surface area contributed by atoms with E-state index in [1.54, 1.807) is 12.7 Å². The van der Waals surface area contributed by atoms with Crippen molar-refractivity contribution in [3.63, 3.8) is 0 Å². The van der Waals surface area contributed by atoms with E-state index in [0.29, 0.717) is 6.42 Å². The molecule has 55 heavy (non-hydrogen) atoms. The van der Waals surface area contributed by atoms with Gasteiger partial charge in [-0.3, -0.25) is 0 Å². The molecule has 4 aromatic heterocycles. The molecule has 0 atom stereocenters. The summed E-state index contributed by atoms with van der Waals surface area (Å²) in [5.74, 6) is 0. The van der Waals surface area contributed by atoms with Crippen LogP contribution in [0.4, 0.5) is 0 Å². The zero-order valence-electron chi connectivity index (χ0n) is 31.9. The van der Waals surface area contributed by atoms with Crippen molar-refractivity contribution in [1.29, 1.82) is 0 Å². The summed E-state index contributed by atoms with van der Waals surface area (Å²) in [5, 5.41) is 6.28. The maximum atomic E-state index is 6.79. The first-order valence-electron chi connectivity index (χ1n) is 18.9. The zero-order chi connectivity index (χ0) is 37.6. The molecule has 0 N–H and O–H groups in total. The van der Waals surface area contributed by atoms with Crippen molar-refractivity contribution >= 4 is 65.7 Å². The van der Waals surface area contributed by atoms with Crippen LogP contribution in [0.3, 0.4) is 0 Å². The molecule has 6 nitrogen and oxygen atoms in total. The average molecular weight is 717 g/mol. The van der Waals surface area contributed by atoms with Gasteiger partial charge in [0, 0.05) is 43.4 Å². The number of hydrogen-bond donors (Lipinski definition) is 0. The topological polar surface area (TPSA) is 77.8 Å². The lowest BCUT2D eigenvalue weighted by Crippen LogP contribution is -2.10. The lowest BCUT2D eigenvalue weighted by molar-refractivity contribution is 0.587. The van der Waals surface area contributed by atoms with Crippen molar-refractivity contribution in [1.82, 2.24) is 19.9 Å². The number of furan rings is 2. The second kappa shape index (κ2) is 12.1. The number of fused-ring (bicyclic) bond motifs is 8. The van der Waals surface area contributed by atoms with E-state index in [4.69, 9.17) is 18.8 Å². The minimum atomic E-state index is -0.0130. The molecule has 0 unspecified atom stereocenters. The molecule has 4 heterocycles. The quantitative estimate of drug-likeness (QED) is 0.180. The normalized spacial score (nSPS) is 12.6. The molecule has 6 heteroatoms. The van der Waals surface area contributed by atoms with E-state index in [1.165, 1.54) is 11.1 Å². The van der Waals surface area contributed by atoms with Crippen LogP contribution in [0.2, 0.25) is 0 Å². The molecule has 6 aromatic carbocycles. The molecule has 0 aliphatic heterocycles. The third kappa shape index (κ3) is 5.55. The summed E-state index contributed by atoms with van der Waals surface area (Å²) in [7, 11) is 0. The minimum absolute atomic E-state index is 0.0130. The number of aromatic nitrogens is 4. The molecule has 0 bridgehead atoms. The number of hydrogen-bond acceptors (Lipinski definition) is 6. The van der Waals surface area contributed by atoms with E-state index < -0.39 is 0 Å². The molecule has 0 saturated heterocycles. The van der Waals surface area contributed by atoms with Gasteiger partial charge in [-0.2, -0.15) is 0 Å². The van der Waals surface area contributed by atoms with E-state index in [-0.39, 0.29) is 10.8 Å². The summed E-state index contributed by atoms with van der Waals surface area (Å²) >= 11 is 0. The molecule has 0 saturated carbocycles. The summed E-state index contributed by atoms with van der Waals surface area (Å²) in [6.07, 6.45) is 3.97. The predicted molar refractivity (Wildman–Crippen MR) is 225 cm³/mol. The second-order valence-corrected chi connectivity index (χ2v) is 16.8. The van der Waals surface area contributed by atoms with Gasteiger partial charge in [-0.05, 0) is 88.0 Å². The zero-order valence-corrected chi connectivity index (χ0v) is 31.9. The Hall–Kier alpha value is -6.40. The van der Waals surface area contributed by atoms with Gasteiger partial charge in [-0.1, -0.05) is 102 Å². The number of nitrogens with zero attached hydrogens (tertiary/aromatic N) is 4. The highest BCUT2D eigenvalue weighted by Gasteiger charge is 2.23. The van der Waals surface area contributed by atoms with Crippen LogP contribution < -0.4 is 0 Å². The van der Waals surface area contributed by atoms with Crippen LogP contribution in [0.1, 0.15) is 63.8 Å². The van der Waals surface area contributed by atoms with Crippen molar-refractivity contribution in [2.75, 3.05) is 0 Å². The van der Waals surface area contributed by atoms with Crippen LogP contribution in [-0.4, -0.2) is 19.9 Å². The smallest absolute Gasteiger partial charge is 0.144 e. The van der Waals surface area contributed by atoms with Crippen LogP contribution in [0.25, 0.3) is 88.2 Å². The van der Waals surface area contributed by atoms with Crippen LogP contribution in [0.5, 0.6) is 0 Å². The standard InChI is InChI=1S/C49H40N4O2/c1-48(2,3)30-15-17-32-36-20-28(22-38(46(36)54-42(32)24-30)44-34-11-7-9-13-40(34)50-26-52-44)19-29-21-37-33-18-16-31(49(4,5)6)25-43(33)55-47(37)39(23-29)45-35-12-8-10-14-41(35)51-27-53-45/h7-18,20-27H,19H2,1-6H3. The SMILES string of the molecule is CC(C)(C)c1ccc2c(c1)oc1c(-c3ncnc4ccccc34)cc(Cc3cc(-c4ncnc5ccccc45)c4oc5cc(C(C)(C)C)ccc5c4c3)cc12. The Morgan fingerprint density at radius 3 is 1.31 bits per heavy atom. The van der Waals surface area contributed by atoms with Gasteiger partial charge in [0.25, 0.3) is 0 Å². The van der Waals surface area contributed by atoms with E-state index in [2.05, 4.69) is 124 Å². The Labute approximate surface area is 318 Å². The lowest BCUT2D eigenvalue weighted by Gasteiger charge is -2.18. The van der Waals surface area contributed by atoms with Crippen LogP contribution >= 0.6 is 0 Å². The summed E-state index contributed by atoms with van der Waals surface area (Å²) in [4.78, 5) is 18.9. The molecule has 10 rings (SSSR count). The molecule has 268 valence electrons. The van der Waals surface area contributed by atoms with Gasteiger partial charge in [0.05, 0.1) is 22.4 Å². The monoisotopic (exact) mass is 716 g/mol. The van der Waals surface area contributed by atoms with Gasteiger partial charge >= 0.3 is 0 Å². The molecule has 0 radical (unpaired) electrons. The van der Waals surface area contributed by atoms with Crippen LogP contribution in [0.15, 0.2) is 131 Å². The summed E-state index contributed by atoms with van der Waals surface area (Å²) < 4.78 is 13.6. The van der Waals surface area contributed by atoms with Crippen molar-refractivity contribution < 1.29 is 8.83 Å². The van der Waals surface area contributed by atoms with Gasteiger partial charge < -0.3 is 8.83 Å². The maximum absolute atomic E-state index is 6.79. The largest absolute Gasteiger partial charge is 0.455 e. The Balaban J connectivity index is 1.22. The third-order valence-corrected chi connectivity index (χ3v) is 11.0. The number of benzene rings is 6. The fraction of sp³-hybridized carbons (Fsp3) is 0.184. The number of rotatable bonds is 4. The summed E-state index contributed by atoms with van der Waals surface area (Å²) in [5.41, 5.74) is 13.5. The van der Waals surface area contributed by atoms with Gasteiger partial charge in [-0.25, -0.2) is 19.9 Å². The second-order valence-electron chi connectivity index (χ2n) is 16.8. The van der Waals surface area contributed by atoms with Crippen molar-refractivity contribution in [3.05, 3.63) is 144 Å². The van der Waals surface area contributed by atoms with Crippen molar-refractivity contribution in [3.8, 4) is 22.5 Å². The van der Waals surface area contributed by atoms with E-state index in [9.17, 15) is 0 Å². The molecule has 0 fully saturated rings. The Morgan fingerprint density at radius 1 is 0.436 bits per heavy atom. The van der Waals surface area contributed by atoms with E-state index in [0.717, 1.165) is 99.3 Å². The Kier molecular flexibility index (Phi) is 7.27. The molecule has 0 aliphatic carbocycles. The molecule has 0 amide bonds. The summed E-state index contributed by atoms with van der Waals surface area (Å²) in [6, 6.07) is 38.7. The first-order valence-corrected chi connectivity index (χ1v) is 18.9. The van der Waals surface area contributed by atoms with Crippen LogP contribution in [0, 0.1) is 0 Å². The fourth-order valence-corrected chi connectivity index (χ4v) is 8.04. The fourth-order valence-electron chi connectivity index (χ4n) is 8.04. The van der Waals surface area contributed by atoms with Gasteiger partial charge in [0.15, 0.2) is 0 Å². The highest BCUT2D eigenvalue weighted by atomic mass is 16.3. The van der Waals surface area contributed by atoms with Crippen molar-refractivity contribution in [2.45, 2.75) is 58.8 Å². The first kappa shape index (κ1) is 33.2. The van der Waals surface area contributed by atoms with Gasteiger partial charge in [-0.15, -0.1) is 0 Å². The Morgan fingerprint density at radius 2 is 0.873 bits per heavy atom.